The van der Waals surface area contributed by atoms with Gasteiger partial charge in [-0.15, -0.1) is 12.4 Å². The molecule has 1 heterocycles. The Labute approximate surface area is 258 Å². The number of ether oxygens (including phenoxy) is 1. The first-order chi connectivity index (χ1) is 19.3. The largest absolute Gasteiger partial charge is 0.493 e. The highest BCUT2D eigenvalue weighted by molar-refractivity contribution is 6.31. The van der Waals surface area contributed by atoms with E-state index in [0.29, 0.717) is 18.5 Å². The fourth-order valence-corrected chi connectivity index (χ4v) is 4.96. The lowest BCUT2D eigenvalue weighted by Crippen LogP contribution is -2.26. The summed E-state index contributed by atoms with van der Waals surface area (Å²) in [5, 5.41) is 2.74. The Hall–Kier alpha value is -3.14. The third-order valence-corrected chi connectivity index (χ3v) is 7.25. The summed E-state index contributed by atoms with van der Waals surface area (Å²) in [5.74, 6) is -1.06. The molecule has 0 aliphatic rings. The van der Waals surface area contributed by atoms with Crippen molar-refractivity contribution in [2.24, 2.45) is 12.5 Å². The van der Waals surface area contributed by atoms with Crippen LogP contribution in [0, 0.1) is 11.2 Å². The summed E-state index contributed by atoms with van der Waals surface area (Å²) < 4.78 is 22.7. The number of benzene rings is 2. The van der Waals surface area contributed by atoms with E-state index in [1.54, 1.807) is 16.3 Å². The molecule has 0 atom stereocenters. The highest BCUT2D eigenvalue weighted by Gasteiger charge is 2.27. The second kappa shape index (κ2) is 15.4. The molecule has 1 amide bonds. The van der Waals surface area contributed by atoms with E-state index >= 15 is 0 Å². The molecular formula is C31H41Cl2FN4O4. The number of nitrogens with zero attached hydrogens (tertiary/aromatic N) is 3. The van der Waals surface area contributed by atoms with Crippen molar-refractivity contribution in [1.82, 2.24) is 14.3 Å². The zero-order chi connectivity index (χ0) is 30.3. The Bertz CT molecular complexity index is 1430. The first kappa shape index (κ1) is 35.1. The maximum Gasteiger partial charge on any atom is 0.295 e. The molecule has 0 bridgehead atoms. The van der Waals surface area contributed by atoms with E-state index < -0.39 is 11.2 Å². The van der Waals surface area contributed by atoms with Gasteiger partial charge in [0.25, 0.3) is 5.56 Å². The Morgan fingerprint density at radius 3 is 2.43 bits per heavy atom. The third kappa shape index (κ3) is 8.93. The third-order valence-electron chi connectivity index (χ3n) is 6.96. The molecule has 0 unspecified atom stereocenters. The molecule has 8 nitrogen and oxygen atoms in total. The van der Waals surface area contributed by atoms with Gasteiger partial charge in [-0.25, -0.2) is 9.07 Å². The molecule has 230 valence electrons. The van der Waals surface area contributed by atoms with Crippen molar-refractivity contribution in [3.05, 3.63) is 74.9 Å². The first-order valence-corrected chi connectivity index (χ1v) is 14.2. The highest BCUT2D eigenvalue weighted by Crippen LogP contribution is 2.32. The zero-order valence-corrected chi connectivity index (χ0v) is 26.7. The van der Waals surface area contributed by atoms with Gasteiger partial charge >= 0.3 is 0 Å². The van der Waals surface area contributed by atoms with Crippen molar-refractivity contribution < 1.29 is 18.7 Å². The number of aromatic nitrogens is 2. The van der Waals surface area contributed by atoms with E-state index in [-0.39, 0.29) is 71.1 Å². The molecule has 1 N–H and O–H groups in total. The summed E-state index contributed by atoms with van der Waals surface area (Å²) in [5.41, 5.74) is 1.09. The van der Waals surface area contributed by atoms with E-state index in [9.17, 15) is 18.8 Å². The average molecular weight is 624 g/mol. The van der Waals surface area contributed by atoms with Gasteiger partial charge in [0.05, 0.1) is 28.6 Å². The minimum atomic E-state index is -0.656. The predicted molar refractivity (Wildman–Crippen MR) is 168 cm³/mol. The molecule has 42 heavy (non-hydrogen) atoms. The molecule has 0 spiro atoms. The van der Waals surface area contributed by atoms with Crippen LogP contribution in [0.2, 0.25) is 5.02 Å². The van der Waals surface area contributed by atoms with Gasteiger partial charge in [0.15, 0.2) is 5.78 Å². The van der Waals surface area contributed by atoms with Gasteiger partial charge in [0, 0.05) is 26.0 Å². The van der Waals surface area contributed by atoms with Crippen LogP contribution in [-0.4, -0.2) is 53.2 Å². The van der Waals surface area contributed by atoms with E-state index in [0.717, 1.165) is 24.7 Å². The Balaban J connectivity index is 0.00000616. The van der Waals surface area contributed by atoms with Crippen LogP contribution in [0.1, 0.15) is 62.5 Å². The second-order valence-electron chi connectivity index (χ2n) is 11.2. The number of amides is 1. The molecule has 11 heteroatoms. The minimum Gasteiger partial charge on any atom is -0.493 e. The van der Waals surface area contributed by atoms with Crippen LogP contribution in [0.15, 0.2) is 47.3 Å². The van der Waals surface area contributed by atoms with E-state index in [2.05, 4.69) is 10.2 Å². The molecule has 0 saturated heterocycles. The quantitative estimate of drug-likeness (QED) is 0.213. The normalized spacial score (nSPS) is 11.4. The monoisotopic (exact) mass is 622 g/mol. The van der Waals surface area contributed by atoms with Crippen molar-refractivity contribution in [1.29, 1.82) is 0 Å². The molecule has 0 aliphatic carbocycles. The maximum atomic E-state index is 13.9. The van der Waals surface area contributed by atoms with Crippen molar-refractivity contribution in [2.75, 3.05) is 32.6 Å². The summed E-state index contributed by atoms with van der Waals surface area (Å²) in [6.45, 7) is 6.65. The first-order valence-electron chi connectivity index (χ1n) is 13.8. The van der Waals surface area contributed by atoms with Gasteiger partial charge in [-0.1, -0.05) is 43.6 Å². The smallest absolute Gasteiger partial charge is 0.295 e. The van der Waals surface area contributed by atoms with Gasteiger partial charge in [-0.3, -0.25) is 19.1 Å². The van der Waals surface area contributed by atoms with E-state index in [1.807, 2.05) is 65.3 Å². The summed E-state index contributed by atoms with van der Waals surface area (Å²) in [7, 11) is 5.81. The van der Waals surface area contributed by atoms with Crippen LogP contribution < -0.4 is 15.6 Å². The topological polar surface area (TPSA) is 85.6 Å². The Kier molecular flexibility index (Phi) is 12.8. The van der Waals surface area contributed by atoms with Crippen LogP contribution in [-0.2, 0) is 18.3 Å². The molecule has 0 radical (unpaired) electrons. The number of ketones is 1. The van der Waals surface area contributed by atoms with Gasteiger partial charge in [0.1, 0.15) is 17.3 Å². The average Bonchev–Trinajstić information content (AvgIpc) is 3.13. The van der Waals surface area contributed by atoms with Gasteiger partial charge in [-0.2, -0.15) is 0 Å². The number of carbonyl (C=O) groups excluding carboxylic acids is 2. The number of nitrogens with one attached hydrogen (secondary N) is 1. The van der Waals surface area contributed by atoms with Gasteiger partial charge in [-0.05, 0) is 70.4 Å². The molecule has 0 fully saturated rings. The Morgan fingerprint density at radius 1 is 1.14 bits per heavy atom. The fourth-order valence-electron chi connectivity index (χ4n) is 4.80. The van der Waals surface area contributed by atoms with Crippen LogP contribution in [0.4, 0.5) is 10.1 Å². The lowest BCUT2D eigenvalue weighted by Gasteiger charge is -2.24. The zero-order valence-electron chi connectivity index (χ0n) is 25.1. The molecular weight excluding hydrogens is 582 g/mol. The standard InChI is InChI=1S/C31H40ClFN4O4.ClH/c1-7-41-27-19-24(33)23(32)18-22(27)26(38)15-16-31(2,3)20-28(39)34-29-25(14-11-17-35(4)5)36(6)37(30(29)40)21-12-9-8-10-13-21;/h8-10,12-13,18-19H,7,11,14-17,20H2,1-6H3,(H,34,39);1H. The number of rotatable bonds is 14. The molecule has 3 rings (SSSR count). The highest BCUT2D eigenvalue weighted by atomic mass is 35.5. The van der Waals surface area contributed by atoms with Crippen LogP contribution >= 0.6 is 24.0 Å². The summed E-state index contributed by atoms with van der Waals surface area (Å²) in [6, 6.07) is 11.7. The predicted octanol–water partition coefficient (Wildman–Crippen LogP) is 6.30. The summed E-state index contributed by atoms with van der Waals surface area (Å²) in [6.07, 6.45) is 2.02. The number of Topliss-reactive ketones (excluding diaryl/α,β-unsaturated/α-hetero) is 1. The molecule has 0 aliphatic heterocycles. The SMILES string of the molecule is CCOc1cc(F)c(Cl)cc1C(=O)CCC(C)(C)CC(=O)Nc1c(CCCN(C)C)n(C)n(-c2ccccc2)c1=O.Cl. The van der Waals surface area contributed by atoms with Gasteiger partial charge < -0.3 is 15.0 Å². The number of hydrogen-bond donors (Lipinski definition) is 1. The number of carbonyl (C=O) groups is 2. The number of hydrogen-bond acceptors (Lipinski definition) is 5. The summed E-state index contributed by atoms with van der Waals surface area (Å²) >= 11 is 5.92. The number of anilines is 1. The van der Waals surface area contributed by atoms with Crippen LogP contribution in [0.3, 0.4) is 0 Å². The minimum absolute atomic E-state index is 0. The fraction of sp³-hybridized carbons (Fsp3) is 0.452. The van der Waals surface area contributed by atoms with E-state index in [1.165, 1.54) is 6.07 Å². The lowest BCUT2D eigenvalue weighted by molar-refractivity contribution is -0.118. The Morgan fingerprint density at radius 2 is 1.81 bits per heavy atom. The second-order valence-corrected chi connectivity index (χ2v) is 11.6. The molecule has 2 aromatic carbocycles. The summed E-state index contributed by atoms with van der Waals surface area (Å²) in [4.78, 5) is 41.9. The van der Waals surface area contributed by atoms with Crippen LogP contribution in [0.5, 0.6) is 5.75 Å². The number of halogens is 3. The molecule has 1 aromatic heterocycles. The molecule has 3 aromatic rings. The van der Waals surface area contributed by atoms with Crippen molar-refractivity contribution >= 4 is 41.4 Å². The van der Waals surface area contributed by atoms with Crippen molar-refractivity contribution in [2.45, 2.75) is 52.9 Å². The van der Waals surface area contributed by atoms with E-state index in [4.69, 9.17) is 16.3 Å². The van der Waals surface area contributed by atoms with Gasteiger partial charge in [0.2, 0.25) is 5.91 Å². The maximum absolute atomic E-state index is 13.9. The number of para-hydroxylation sites is 1. The lowest BCUT2D eigenvalue weighted by atomic mass is 9.82. The van der Waals surface area contributed by atoms with Crippen molar-refractivity contribution in [3.8, 4) is 11.4 Å². The molecule has 0 saturated carbocycles. The van der Waals surface area contributed by atoms with Crippen molar-refractivity contribution in [3.63, 3.8) is 0 Å². The van der Waals surface area contributed by atoms with Crippen LogP contribution in [0.25, 0.3) is 5.69 Å².